The molecule has 0 saturated carbocycles. The minimum atomic E-state index is -1.03. The van der Waals surface area contributed by atoms with E-state index < -0.39 is 5.97 Å². The van der Waals surface area contributed by atoms with Crippen molar-refractivity contribution in [3.05, 3.63) is 35.7 Å². The van der Waals surface area contributed by atoms with Crippen molar-refractivity contribution in [2.75, 3.05) is 0 Å². The van der Waals surface area contributed by atoms with Crippen molar-refractivity contribution in [1.29, 1.82) is 0 Å². The maximum Gasteiger partial charge on any atom is 0.328 e. The Morgan fingerprint density at radius 1 is 1.46 bits per heavy atom. The monoisotopic (exact) mass is 177 g/mol. The molecule has 1 N–H and O–H groups in total. The second-order valence-corrected chi connectivity index (χ2v) is 2.31. The largest absolute Gasteiger partial charge is 0.478 e. The minimum Gasteiger partial charge on any atom is -0.478 e. The van der Waals surface area contributed by atoms with Crippen molar-refractivity contribution < 1.29 is 14.7 Å². The third-order valence-corrected chi connectivity index (χ3v) is 1.34. The number of aldehydes is 1. The number of hydrogen-bond acceptors (Lipinski definition) is 3. The number of hydrogen-bond donors (Lipinski definition) is 1. The first kappa shape index (κ1) is 9.12. The van der Waals surface area contributed by atoms with Gasteiger partial charge in [-0.25, -0.2) is 4.79 Å². The first-order valence-electron chi connectivity index (χ1n) is 3.54. The standard InChI is InChI=1S/C9H7NO3/c11-6-7-1-2-8(10-5-7)3-4-9(12)13/h1-6H,(H,12,13). The van der Waals surface area contributed by atoms with Gasteiger partial charge in [0.15, 0.2) is 6.29 Å². The summed E-state index contributed by atoms with van der Waals surface area (Å²) in [7, 11) is 0. The first-order valence-corrected chi connectivity index (χ1v) is 3.54. The molecule has 0 atom stereocenters. The molecular formula is C9H7NO3. The molecule has 0 aliphatic carbocycles. The average molecular weight is 177 g/mol. The fourth-order valence-corrected chi connectivity index (χ4v) is 0.742. The zero-order valence-electron chi connectivity index (χ0n) is 6.68. The third kappa shape index (κ3) is 2.86. The topological polar surface area (TPSA) is 67.3 Å². The van der Waals surface area contributed by atoms with Gasteiger partial charge in [0, 0.05) is 17.8 Å². The maximum atomic E-state index is 10.2. The smallest absolute Gasteiger partial charge is 0.328 e. The molecule has 13 heavy (non-hydrogen) atoms. The number of aromatic nitrogens is 1. The Balaban J connectivity index is 2.80. The van der Waals surface area contributed by atoms with Crippen LogP contribution in [0.15, 0.2) is 24.4 Å². The van der Waals surface area contributed by atoms with E-state index in [1.165, 1.54) is 12.3 Å². The summed E-state index contributed by atoms with van der Waals surface area (Å²) in [5.41, 5.74) is 0.973. The van der Waals surface area contributed by atoms with Gasteiger partial charge in [0.1, 0.15) is 0 Å². The minimum absolute atomic E-state index is 0.465. The number of nitrogens with zero attached hydrogens (tertiary/aromatic N) is 1. The average Bonchev–Trinajstić information content (AvgIpc) is 2.15. The number of carboxylic acid groups (broad SMARTS) is 1. The molecule has 1 aromatic rings. The fourth-order valence-electron chi connectivity index (χ4n) is 0.742. The summed E-state index contributed by atoms with van der Waals surface area (Å²) in [4.78, 5) is 24.2. The highest BCUT2D eigenvalue weighted by molar-refractivity contribution is 5.85. The Kier molecular flexibility index (Phi) is 2.92. The summed E-state index contributed by atoms with van der Waals surface area (Å²) in [6.07, 6.45) is 4.41. The van der Waals surface area contributed by atoms with Crippen molar-refractivity contribution in [2.24, 2.45) is 0 Å². The second-order valence-electron chi connectivity index (χ2n) is 2.31. The van der Waals surface area contributed by atoms with E-state index in [1.54, 1.807) is 12.1 Å². The SMILES string of the molecule is O=Cc1ccc(C=CC(=O)O)nc1. The van der Waals surface area contributed by atoms with Crippen molar-refractivity contribution in [3.8, 4) is 0 Å². The van der Waals surface area contributed by atoms with E-state index in [4.69, 9.17) is 5.11 Å². The molecule has 0 aliphatic rings. The molecule has 0 saturated heterocycles. The van der Waals surface area contributed by atoms with Gasteiger partial charge in [0.2, 0.25) is 0 Å². The quantitative estimate of drug-likeness (QED) is 0.552. The van der Waals surface area contributed by atoms with Crippen LogP contribution in [0.2, 0.25) is 0 Å². The number of rotatable bonds is 3. The zero-order chi connectivity index (χ0) is 9.68. The molecule has 4 heteroatoms. The number of carboxylic acids is 1. The van der Waals surface area contributed by atoms with Gasteiger partial charge in [-0.3, -0.25) is 9.78 Å². The van der Waals surface area contributed by atoms with Gasteiger partial charge in [0.25, 0.3) is 0 Å². The lowest BCUT2D eigenvalue weighted by Gasteiger charge is -1.91. The first-order chi connectivity index (χ1) is 6.22. The highest BCUT2D eigenvalue weighted by Crippen LogP contribution is 1.99. The normalized spacial score (nSPS) is 10.2. The lowest BCUT2D eigenvalue weighted by Crippen LogP contribution is -1.88. The second kappa shape index (κ2) is 4.15. The van der Waals surface area contributed by atoms with E-state index in [2.05, 4.69) is 4.98 Å². The van der Waals surface area contributed by atoms with Crippen LogP contribution in [-0.2, 0) is 4.79 Å². The lowest BCUT2D eigenvalue weighted by molar-refractivity contribution is -0.131. The van der Waals surface area contributed by atoms with Crippen molar-refractivity contribution in [2.45, 2.75) is 0 Å². The summed E-state index contributed by atoms with van der Waals surface area (Å²) < 4.78 is 0. The van der Waals surface area contributed by atoms with Gasteiger partial charge in [0.05, 0.1) is 5.69 Å². The predicted octanol–water partition coefficient (Wildman–Crippen LogP) is 0.992. The molecule has 1 rings (SSSR count). The molecule has 4 nitrogen and oxygen atoms in total. The molecule has 1 heterocycles. The van der Waals surface area contributed by atoms with Crippen LogP contribution in [0.4, 0.5) is 0 Å². The van der Waals surface area contributed by atoms with E-state index in [0.29, 0.717) is 17.5 Å². The van der Waals surface area contributed by atoms with Crippen molar-refractivity contribution >= 4 is 18.3 Å². The van der Waals surface area contributed by atoms with Gasteiger partial charge in [-0.2, -0.15) is 0 Å². The van der Waals surface area contributed by atoms with Crippen LogP contribution >= 0.6 is 0 Å². The van der Waals surface area contributed by atoms with Gasteiger partial charge < -0.3 is 5.11 Å². The zero-order valence-corrected chi connectivity index (χ0v) is 6.68. The summed E-state index contributed by atoms with van der Waals surface area (Å²) in [6, 6.07) is 3.14. The Morgan fingerprint density at radius 2 is 2.23 bits per heavy atom. The van der Waals surface area contributed by atoms with Crippen LogP contribution < -0.4 is 0 Å². The summed E-state index contributed by atoms with van der Waals surface area (Å²) in [6.45, 7) is 0. The van der Waals surface area contributed by atoms with Gasteiger partial charge in [-0.15, -0.1) is 0 Å². The van der Waals surface area contributed by atoms with Gasteiger partial charge in [-0.1, -0.05) is 0 Å². The van der Waals surface area contributed by atoms with E-state index in [-0.39, 0.29) is 0 Å². The lowest BCUT2D eigenvalue weighted by atomic mass is 10.2. The van der Waals surface area contributed by atoms with Crippen LogP contribution in [0.1, 0.15) is 16.1 Å². The molecule has 0 aliphatic heterocycles. The number of pyridine rings is 1. The molecule has 66 valence electrons. The molecule has 1 aromatic heterocycles. The third-order valence-electron chi connectivity index (χ3n) is 1.34. The van der Waals surface area contributed by atoms with Crippen LogP contribution in [0, 0.1) is 0 Å². The Bertz CT molecular complexity index is 340. The number of carbonyl (C=O) groups is 2. The molecular weight excluding hydrogens is 170 g/mol. The maximum absolute atomic E-state index is 10.2. The van der Waals surface area contributed by atoms with Crippen molar-refractivity contribution in [3.63, 3.8) is 0 Å². The number of aliphatic carboxylic acids is 1. The highest BCUT2D eigenvalue weighted by atomic mass is 16.4. The van der Waals surface area contributed by atoms with E-state index in [9.17, 15) is 9.59 Å². The molecule has 0 bridgehead atoms. The van der Waals surface area contributed by atoms with Crippen LogP contribution in [-0.4, -0.2) is 22.3 Å². The molecule has 0 aromatic carbocycles. The summed E-state index contributed by atoms with van der Waals surface area (Å²) >= 11 is 0. The number of carbonyl (C=O) groups excluding carboxylic acids is 1. The van der Waals surface area contributed by atoms with E-state index >= 15 is 0 Å². The summed E-state index contributed by atoms with van der Waals surface area (Å²) in [5, 5.41) is 8.30. The molecule has 0 spiro atoms. The highest BCUT2D eigenvalue weighted by Gasteiger charge is 1.91. The van der Waals surface area contributed by atoms with E-state index in [0.717, 1.165) is 6.08 Å². The molecule has 0 radical (unpaired) electrons. The van der Waals surface area contributed by atoms with Crippen molar-refractivity contribution in [1.82, 2.24) is 4.98 Å². The molecule has 0 fully saturated rings. The van der Waals surface area contributed by atoms with Gasteiger partial charge >= 0.3 is 5.97 Å². The van der Waals surface area contributed by atoms with Crippen LogP contribution in [0.3, 0.4) is 0 Å². The summed E-state index contributed by atoms with van der Waals surface area (Å²) in [5.74, 6) is -1.03. The van der Waals surface area contributed by atoms with Gasteiger partial charge in [-0.05, 0) is 18.2 Å². The van der Waals surface area contributed by atoms with E-state index in [1.807, 2.05) is 0 Å². The Labute approximate surface area is 74.5 Å². The Morgan fingerprint density at radius 3 is 2.69 bits per heavy atom. The molecule has 0 amide bonds. The Hall–Kier alpha value is -1.97. The molecule has 0 unspecified atom stereocenters. The fraction of sp³-hybridized carbons (Fsp3) is 0. The van der Waals surface area contributed by atoms with Crippen LogP contribution in [0.25, 0.3) is 6.08 Å². The predicted molar refractivity (Wildman–Crippen MR) is 46.3 cm³/mol. The van der Waals surface area contributed by atoms with Crippen LogP contribution in [0.5, 0.6) is 0 Å².